The quantitative estimate of drug-likeness (QED) is 0.419. The molecule has 0 aromatic rings. The maximum absolute atomic E-state index is 13.1. The van der Waals surface area contributed by atoms with Crippen LogP contribution in [0, 0.1) is 40.9 Å². The molecule has 7 atom stereocenters. The maximum Gasteiger partial charge on any atom is 0.389 e. The second-order valence-electron chi connectivity index (χ2n) is 9.69. The van der Waals surface area contributed by atoms with Gasteiger partial charge in [-0.2, -0.15) is 13.2 Å². The summed E-state index contributed by atoms with van der Waals surface area (Å²) < 4.78 is 52.0. The normalized spacial score (nSPS) is 43.2. The van der Waals surface area contributed by atoms with Crippen LogP contribution in [0.4, 0.5) is 17.6 Å². The zero-order chi connectivity index (χ0) is 18.9. The topological polar surface area (TPSA) is 0 Å². The summed E-state index contributed by atoms with van der Waals surface area (Å²) in [4.78, 5) is 0. The van der Waals surface area contributed by atoms with Crippen LogP contribution in [0.5, 0.6) is 0 Å². The minimum absolute atomic E-state index is 0.163. The summed E-state index contributed by atoms with van der Waals surface area (Å²) in [5, 5.41) is 0. The lowest BCUT2D eigenvalue weighted by Gasteiger charge is -2.55. The van der Waals surface area contributed by atoms with Crippen molar-refractivity contribution in [1.29, 1.82) is 0 Å². The van der Waals surface area contributed by atoms with Crippen molar-refractivity contribution in [3.05, 3.63) is 0 Å². The predicted octanol–water partition coefficient (Wildman–Crippen LogP) is 7.57. The maximum atomic E-state index is 13.1. The SMILES string of the molecule is CCCC1C(CC(F)(F)F)CCC2C1CCC1(C)C(CCCF)CCC21. The van der Waals surface area contributed by atoms with Crippen LogP contribution in [0.25, 0.3) is 0 Å². The summed E-state index contributed by atoms with van der Waals surface area (Å²) >= 11 is 0. The van der Waals surface area contributed by atoms with Crippen LogP contribution >= 0.6 is 0 Å². The Balaban J connectivity index is 1.75. The Bertz CT molecular complexity index is 460. The van der Waals surface area contributed by atoms with Crippen molar-refractivity contribution >= 4 is 0 Å². The summed E-state index contributed by atoms with van der Waals surface area (Å²) in [6.45, 7) is 4.31. The zero-order valence-electron chi connectivity index (χ0n) is 16.5. The van der Waals surface area contributed by atoms with Crippen LogP contribution in [0.1, 0.15) is 84.5 Å². The molecular weight excluding hydrogens is 340 g/mol. The lowest BCUT2D eigenvalue weighted by molar-refractivity contribution is -0.161. The minimum Gasteiger partial charge on any atom is -0.251 e. The highest BCUT2D eigenvalue weighted by atomic mass is 19.4. The van der Waals surface area contributed by atoms with Gasteiger partial charge in [0.2, 0.25) is 0 Å². The Hall–Kier alpha value is -0.280. The first-order valence-corrected chi connectivity index (χ1v) is 10.9. The third-order valence-corrected chi connectivity index (χ3v) is 8.52. The molecule has 3 saturated carbocycles. The first-order valence-electron chi connectivity index (χ1n) is 10.9. The first kappa shape index (κ1) is 20.5. The lowest BCUT2D eigenvalue weighted by atomic mass is 9.50. The summed E-state index contributed by atoms with van der Waals surface area (Å²) in [5.41, 5.74) is 0.309. The van der Waals surface area contributed by atoms with Crippen molar-refractivity contribution in [1.82, 2.24) is 0 Å². The molecule has 0 nitrogen and oxygen atoms in total. The molecule has 0 bridgehead atoms. The van der Waals surface area contributed by atoms with Gasteiger partial charge >= 0.3 is 6.18 Å². The van der Waals surface area contributed by atoms with Gasteiger partial charge in [-0.05, 0) is 92.3 Å². The van der Waals surface area contributed by atoms with Crippen molar-refractivity contribution in [2.24, 2.45) is 40.9 Å². The van der Waals surface area contributed by atoms with Gasteiger partial charge in [0.25, 0.3) is 0 Å². The molecule has 0 aromatic carbocycles. The number of fused-ring (bicyclic) bond motifs is 3. The Labute approximate surface area is 156 Å². The molecule has 26 heavy (non-hydrogen) atoms. The predicted molar refractivity (Wildman–Crippen MR) is 97.5 cm³/mol. The van der Waals surface area contributed by atoms with E-state index in [9.17, 15) is 17.6 Å². The molecule has 7 unspecified atom stereocenters. The molecule has 0 heterocycles. The van der Waals surface area contributed by atoms with Crippen molar-refractivity contribution < 1.29 is 17.6 Å². The fraction of sp³-hybridized carbons (Fsp3) is 1.00. The summed E-state index contributed by atoms with van der Waals surface area (Å²) in [6, 6.07) is 0. The van der Waals surface area contributed by atoms with Crippen molar-refractivity contribution in [2.75, 3.05) is 6.67 Å². The van der Waals surface area contributed by atoms with Crippen molar-refractivity contribution in [3.63, 3.8) is 0 Å². The molecule has 0 radical (unpaired) electrons. The van der Waals surface area contributed by atoms with E-state index < -0.39 is 12.6 Å². The second kappa shape index (κ2) is 7.99. The molecule has 0 N–H and O–H groups in total. The molecule has 3 aliphatic rings. The highest BCUT2D eigenvalue weighted by Crippen LogP contribution is 2.64. The van der Waals surface area contributed by atoms with Crippen molar-refractivity contribution in [3.8, 4) is 0 Å². The molecule has 0 aromatic heterocycles. The van der Waals surface area contributed by atoms with Gasteiger partial charge in [0.1, 0.15) is 0 Å². The van der Waals surface area contributed by atoms with Crippen LogP contribution in [-0.2, 0) is 0 Å². The van der Waals surface area contributed by atoms with Gasteiger partial charge in [0.15, 0.2) is 0 Å². The van der Waals surface area contributed by atoms with E-state index in [4.69, 9.17) is 0 Å². The van der Waals surface area contributed by atoms with Gasteiger partial charge in [0, 0.05) is 6.42 Å². The summed E-state index contributed by atoms with van der Waals surface area (Å²) in [7, 11) is 0. The van der Waals surface area contributed by atoms with E-state index >= 15 is 0 Å². The average Bonchev–Trinajstić information content (AvgIpc) is 2.90. The summed E-state index contributed by atoms with van der Waals surface area (Å²) in [5.74, 6) is 2.50. The smallest absolute Gasteiger partial charge is 0.251 e. The molecule has 152 valence electrons. The Morgan fingerprint density at radius 2 is 1.73 bits per heavy atom. The van der Waals surface area contributed by atoms with Crippen LogP contribution in [0.3, 0.4) is 0 Å². The Morgan fingerprint density at radius 1 is 0.962 bits per heavy atom. The molecular formula is C22H36F4. The van der Waals surface area contributed by atoms with Gasteiger partial charge in [-0.3, -0.25) is 4.39 Å². The van der Waals surface area contributed by atoms with E-state index in [1.54, 1.807) is 0 Å². The van der Waals surface area contributed by atoms with Crippen LogP contribution < -0.4 is 0 Å². The molecule has 0 aliphatic heterocycles. The van der Waals surface area contributed by atoms with E-state index in [1.807, 2.05) is 0 Å². The summed E-state index contributed by atoms with van der Waals surface area (Å²) in [6.07, 6.45) is 5.42. The van der Waals surface area contributed by atoms with Gasteiger partial charge < -0.3 is 0 Å². The Morgan fingerprint density at radius 3 is 2.38 bits per heavy atom. The fourth-order valence-electron chi connectivity index (χ4n) is 7.47. The van der Waals surface area contributed by atoms with Gasteiger partial charge in [-0.15, -0.1) is 0 Å². The third kappa shape index (κ3) is 3.94. The molecule has 0 saturated heterocycles. The fourth-order valence-corrected chi connectivity index (χ4v) is 7.47. The molecule has 0 amide bonds. The number of halogens is 4. The Kier molecular flexibility index (Phi) is 6.29. The van der Waals surface area contributed by atoms with E-state index in [-0.39, 0.29) is 18.5 Å². The number of hydrogen-bond acceptors (Lipinski definition) is 0. The van der Waals surface area contributed by atoms with E-state index in [1.165, 1.54) is 12.8 Å². The standard InChI is InChI=1S/C22H36F4/c1-3-5-17-15(14-22(24,25)26)7-9-19-18(17)11-12-21(2)16(6-4-13-23)8-10-20(19)21/h15-20H,3-14H2,1-2H3. The monoisotopic (exact) mass is 376 g/mol. The number of hydrogen-bond donors (Lipinski definition) is 0. The molecule has 3 rings (SSSR count). The average molecular weight is 377 g/mol. The van der Waals surface area contributed by atoms with E-state index in [2.05, 4.69) is 13.8 Å². The third-order valence-electron chi connectivity index (χ3n) is 8.52. The largest absolute Gasteiger partial charge is 0.389 e. The van der Waals surface area contributed by atoms with E-state index in [0.717, 1.165) is 44.9 Å². The highest BCUT2D eigenvalue weighted by molar-refractivity contribution is 5.05. The number of alkyl halides is 4. The second-order valence-corrected chi connectivity index (χ2v) is 9.69. The van der Waals surface area contributed by atoms with Gasteiger partial charge in [-0.25, -0.2) is 0 Å². The van der Waals surface area contributed by atoms with Crippen LogP contribution in [-0.4, -0.2) is 12.9 Å². The number of rotatable bonds is 6. The first-order chi connectivity index (χ1) is 12.3. The van der Waals surface area contributed by atoms with Crippen molar-refractivity contribution in [2.45, 2.75) is 90.7 Å². The minimum atomic E-state index is -4.03. The van der Waals surface area contributed by atoms with Crippen LogP contribution in [0.2, 0.25) is 0 Å². The van der Waals surface area contributed by atoms with Gasteiger partial charge in [-0.1, -0.05) is 26.7 Å². The van der Waals surface area contributed by atoms with Crippen LogP contribution in [0.15, 0.2) is 0 Å². The highest BCUT2D eigenvalue weighted by Gasteiger charge is 2.56. The van der Waals surface area contributed by atoms with E-state index in [0.29, 0.717) is 35.5 Å². The zero-order valence-corrected chi connectivity index (χ0v) is 16.5. The molecule has 3 fully saturated rings. The molecule has 3 aliphatic carbocycles. The molecule has 0 spiro atoms. The van der Waals surface area contributed by atoms with Gasteiger partial charge in [0.05, 0.1) is 6.67 Å². The molecule has 4 heteroatoms. The lowest BCUT2D eigenvalue weighted by Crippen LogP contribution is -2.47.